The van der Waals surface area contributed by atoms with Gasteiger partial charge in [-0.25, -0.2) is 4.39 Å². The van der Waals surface area contributed by atoms with E-state index in [0.717, 1.165) is 24.2 Å². The molecule has 0 aromatic heterocycles. The standard InChI is InChI=1S/C14H18FN3/c1-9(7-13(16)10-3-4-10)18-14-6-5-11(17-2)8-12(14)15/h5-8,10,16-18H,3-4H2,1-2H3/b9-7-,16-13?. The van der Waals surface area contributed by atoms with E-state index in [2.05, 4.69) is 10.6 Å². The van der Waals surface area contributed by atoms with Crippen molar-refractivity contribution in [3.05, 3.63) is 35.8 Å². The number of rotatable bonds is 5. The van der Waals surface area contributed by atoms with Gasteiger partial charge in [0.25, 0.3) is 0 Å². The number of halogens is 1. The molecule has 0 amide bonds. The average Bonchev–Trinajstić information content (AvgIpc) is 3.15. The second-order valence-corrected chi connectivity index (χ2v) is 4.63. The summed E-state index contributed by atoms with van der Waals surface area (Å²) in [6, 6.07) is 4.95. The maximum atomic E-state index is 13.7. The van der Waals surface area contributed by atoms with E-state index in [1.54, 1.807) is 19.2 Å². The lowest BCUT2D eigenvalue weighted by Gasteiger charge is -2.09. The number of nitrogens with one attached hydrogen (secondary N) is 3. The molecule has 0 atom stereocenters. The Hall–Kier alpha value is -1.84. The van der Waals surface area contributed by atoms with Crippen LogP contribution < -0.4 is 10.6 Å². The van der Waals surface area contributed by atoms with E-state index in [1.165, 1.54) is 6.07 Å². The first kappa shape index (κ1) is 12.6. The van der Waals surface area contributed by atoms with Crippen LogP contribution in [0, 0.1) is 17.1 Å². The van der Waals surface area contributed by atoms with E-state index >= 15 is 0 Å². The largest absolute Gasteiger partial charge is 0.388 e. The average molecular weight is 247 g/mol. The van der Waals surface area contributed by atoms with Crippen LogP contribution in [0.3, 0.4) is 0 Å². The fraction of sp³-hybridized carbons (Fsp3) is 0.357. The van der Waals surface area contributed by atoms with Crippen molar-refractivity contribution >= 4 is 17.1 Å². The molecule has 0 unspecified atom stereocenters. The van der Waals surface area contributed by atoms with Crippen molar-refractivity contribution in [1.82, 2.24) is 0 Å². The highest BCUT2D eigenvalue weighted by atomic mass is 19.1. The maximum Gasteiger partial charge on any atom is 0.148 e. The summed E-state index contributed by atoms with van der Waals surface area (Å²) >= 11 is 0. The van der Waals surface area contributed by atoms with Crippen molar-refractivity contribution in [3.8, 4) is 0 Å². The molecule has 2 rings (SSSR count). The van der Waals surface area contributed by atoms with Crippen LogP contribution in [-0.4, -0.2) is 12.8 Å². The predicted molar refractivity (Wildman–Crippen MR) is 73.8 cm³/mol. The summed E-state index contributed by atoms with van der Waals surface area (Å²) < 4.78 is 13.7. The zero-order valence-corrected chi connectivity index (χ0v) is 10.7. The minimum atomic E-state index is -0.299. The van der Waals surface area contributed by atoms with Gasteiger partial charge < -0.3 is 16.0 Å². The number of allylic oxidation sites excluding steroid dienone is 2. The lowest BCUT2D eigenvalue weighted by molar-refractivity contribution is 0.632. The Labute approximate surface area is 107 Å². The summed E-state index contributed by atoms with van der Waals surface area (Å²) in [5, 5.41) is 13.7. The molecule has 0 radical (unpaired) electrons. The normalized spacial score (nSPS) is 15.4. The van der Waals surface area contributed by atoms with Gasteiger partial charge in [0.1, 0.15) is 5.82 Å². The number of hydrogen-bond acceptors (Lipinski definition) is 3. The van der Waals surface area contributed by atoms with Crippen LogP contribution in [0.4, 0.5) is 15.8 Å². The fourth-order valence-electron chi connectivity index (χ4n) is 1.77. The highest BCUT2D eigenvalue weighted by Gasteiger charge is 2.24. The van der Waals surface area contributed by atoms with Crippen LogP contribution in [0.2, 0.25) is 0 Å². The lowest BCUT2D eigenvalue weighted by Crippen LogP contribution is -2.03. The fourth-order valence-corrected chi connectivity index (χ4v) is 1.77. The van der Waals surface area contributed by atoms with E-state index in [-0.39, 0.29) is 5.82 Å². The van der Waals surface area contributed by atoms with Gasteiger partial charge in [-0.1, -0.05) is 0 Å². The summed E-state index contributed by atoms with van der Waals surface area (Å²) in [4.78, 5) is 0. The molecule has 0 spiro atoms. The molecule has 96 valence electrons. The van der Waals surface area contributed by atoms with Crippen molar-refractivity contribution in [2.45, 2.75) is 19.8 Å². The first-order valence-electron chi connectivity index (χ1n) is 6.11. The third-order valence-corrected chi connectivity index (χ3v) is 2.98. The molecule has 4 heteroatoms. The zero-order valence-electron chi connectivity index (χ0n) is 10.7. The zero-order chi connectivity index (χ0) is 13.1. The molecule has 18 heavy (non-hydrogen) atoms. The van der Waals surface area contributed by atoms with Gasteiger partial charge in [-0.05, 0) is 44.0 Å². The van der Waals surface area contributed by atoms with Crippen molar-refractivity contribution in [2.75, 3.05) is 17.7 Å². The number of hydrogen-bond donors (Lipinski definition) is 3. The molecule has 1 aromatic rings. The smallest absolute Gasteiger partial charge is 0.148 e. The molecule has 0 saturated heterocycles. The van der Waals surface area contributed by atoms with Crippen molar-refractivity contribution in [3.63, 3.8) is 0 Å². The molecule has 1 saturated carbocycles. The van der Waals surface area contributed by atoms with Crippen molar-refractivity contribution in [1.29, 1.82) is 5.41 Å². The lowest BCUT2D eigenvalue weighted by atomic mass is 10.2. The Bertz CT molecular complexity index is 490. The van der Waals surface area contributed by atoms with E-state index < -0.39 is 0 Å². The highest BCUT2D eigenvalue weighted by Crippen LogP contribution is 2.30. The van der Waals surface area contributed by atoms with E-state index in [9.17, 15) is 4.39 Å². The topological polar surface area (TPSA) is 47.9 Å². The quantitative estimate of drug-likeness (QED) is 0.696. The number of anilines is 2. The molecule has 1 aliphatic rings. The number of benzene rings is 1. The molecule has 0 aliphatic heterocycles. The highest BCUT2D eigenvalue weighted by molar-refractivity contribution is 5.96. The Kier molecular flexibility index (Phi) is 3.65. The summed E-state index contributed by atoms with van der Waals surface area (Å²) in [5.74, 6) is 0.116. The molecule has 1 fully saturated rings. The predicted octanol–water partition coefficient (Wildman–Crippen LogP) is 3.61. The maximum absolute atomic E-state index is 13.7. The molecule has 1 aromatic carbocycles. The van der Waals surface area contributed by atoms with Gasteiger partial charge in [0.2, 0.25) is 0 Å². The summed E-state index contributed by atoms with van der Waals surface area (Å²) in [7, 11) is 1.75. The molecule has 0 bridgehead atoms. The van der Waals surface area contributed by atoms with E-state index in [0.29, 0.717) is 17.3 Å². The van der Waals surface area contributed by atoms with Gasteiger partial charge in [0.05, 0.1) is 5.69 Å². The van der Waals surface area contributed by atoms with Gasteiger partial charge in [0.15, 0.2) is 0 Å². The minimum absolute atomic E-state index is 0.299. The van der Waals surface area contributed by atoms with Crippen LogP contribution in [0.5, 0.6) is 0 Å². The van der Waals surface area contributed by atoms with Gasteiger partial charge in [-0.2, -0.15) is 0 Å². The van der Waals surface area contributed by atoms with Crippen LogP contribution in [0.25, 0.3) is 0 Å². The summed E-state index contributed by atoms with van der Waals surface area (Å²) in [5.41, 5.74) is 2.60. The Balaban J connectivity index is 2.06. The molecule has 0 heterocycles. The first-order chi connectivity index (χ1) is 8.60. The molecular weight excluding hydrogens is 229 g/mol. The minimum Gasteiger partial charge on any atom is -0.388 e. The Morgan fingerprint density at radius 1 is 1.44 bits per heavy atom. The van der Waals surface area contributed by atoms with Gasteiger partial charge in [-0.3, -0.25) is 0 Å². The van der Waals surface area contributed by atoms with Crippen LogP contribution in [0.1, 0.15) is 19.8 Å². The first-order valence-corrected chi connectivity index (χ1v) is 6.11. The van der Waals surface area contributed by atoms with Gasteiger partial charge in [0, 0.05) is 30.1 Å². The molecular formula is C14H18FN3. The summed E-state index contributed by atoms with van der Waals surface area (Å²) in [6.45, 7) is 1.85. The van der Waals surface area contributed by atoms with E-state index in [1.807, 2.05) is 13.0 Å². The van der Waals surface area contributed by atoms with Crippen LogP contribution in [0.15, 0.2) is 30.0 Å². The van der Waals surface area contributed by atoms with Crippen LogP contribution in [-0.2, 0) is 0 Å². The Morgan fingerprint density at radius 2 is 2.17 bits per heavy atom. The molecule has 3 nitrogen and oxygen atoms in total. The van der Waals surface area contributed by atoms with Gasteiger partial charge in [-0.15, -0.1) is 0 Å². The molecule has 1 aliphatic carbocycles. The monoisotopic (exact) mass is 247 g/mol. The SMILES string of the molecule is CNc1ccc(N/C(C)=C\C(=N)C2CC2)c(F)c1. The summed E-state index contributed by atoms with van der Waals surface area (Å²) in [6.07, 6.45) is 3.99. The Morgan fingerprint density at radius 3 is 2.72 bits per heavy atom. The third-order valence-electron chi connectivity index (χ3n) is 2.98. The van der Waals surface area contributed by atoms with Crippen LogP contribution >= 0.6 is 0 Å². The van der Waals surface area contributed by atoms with Crippen molar-refractivity contribution < 1.29 is 4.39 Å². The second-order valence-electron chi connectivity index (χ2n) is 4.63. The second kappa shape index (κ2) is 5.21. The molecule has 3 N–H and O–H groups in total. The van der Waals surface area contributed by atoms with Gasteiger partial charge >= 0.3 is 0 Å². The van der Waals surface area contributed by atoms with E-state index in [4.69, 9.17) is 5.41 Å². The third kappa shape index (κ3) is 3.09. The van der Waals surface area contributed by atoms with Crippen molar-refractivity contribution in [2.24, 2.45) is 5.92 Å².